The van der Waals surface area contributed by atoms with Gasteiger partial charge in [-0.3, -0.25) is 9.78 Å². The number of anilines is 1. The van der Waals surface area contributed by atoms with Crippen LogP contribution in [0.1, 0.15) is 48.0 Å². The summed E-state index contributed by atoms with van der Waals surface area (Å²) >= 11 is 0. The normalized spacial score (nSPS) is 24.1. The number of amides is 1. The molecule has 3 aromatic rings. The van der Waals surface area contributed by atoms with Crippen LogP contribution >= 0.6 is 0 Å². The van der Waals surface area contributed by atoms with Crippen molar-refractivity contribution in [2.75, 3.05) is 5.32 Å². The van der Waals surface area contributed by atoms with E-state index in [1.165, 1.54) is 18.4 Å². The molecule has 2 aliphatic rings. The lowest BCUT2D eigenvalue weighted by molar-refractivity contribution is -0.124. The molecule has 3 aromatic heterocycles. The van der Waals surface area contributed by atoms with Crippen LogP contribution in [-0.4, -0.2) is 25.9 Å². The summed E-state index contributed by atoms with van der Waals surface area (Å²) in [5.74, 6) is -0.755. The van der Waals surface area contributed by atoms with Crippen molar-refractivity contribution in [3.05, 3.63) is 59.8 Å². The van der Waals surface area contributed by atoms with Gasteiger partial charge in [-0.1, -0.05) is 6.07 Å². The van der Waals surface area contributed by atoms with E-state index in [0.29, 0.717) is 18.2 Å². The number of nitrogens with two attached hydrogens (primary N) is 1. The summed E-state index contributed by atoms with van der Waals surface area (Å²) in [7, 11) is 0. The molecule has 27 heavy (non-hydrogen) atoms. The molecule has 2 saturated carbocycles. The molecule has 0 radical (unpaired) electrons. The highest BCUT2D eigenvalue weighted by Crippen LogP contribution is 2.54. The number of nitrogens with one attached hydrogen (secondary N) is 1. The zero-order valence-corrected chi connectivity index (χ0v) is 14.7. The molecule has 0 saturated heterocycles. The van der Waals surface area contributed by atoms with Crippen LogP contribution < -0.4 is 11.1 Å². The van der Waals surface area contributed by atoms with Crippen LogP contribution in [0.5, 0.6) is 0 Å². The number of primary amides is 1. The third kappa shape index (κ3) is 2.93. The summed E-state index contributed by atoms with van der Waals surface area (Å²) in [4.78, 5) is 20.0. The van der Waals surface area contributed by atoms with Gasteiger partial charge in [-0.05, 0) is 42.5 Å². The number of imidazole rings is 1. The van der Waals surface area contributed by atoms with Gasteiger partial charge in [0.25, 0.3) is 5.91 Å². The standard InChI is InChI=1S/C20H20FN5O/c21-20(19(22)27)8-16(20)17-7-14(5-6-23-17)24-9-15-11-26-10-13(12-1-2-12)3-4-18(26)25-15/h3-7,10-12,16H,1-2,8-9H2,(H2,22,27)(H,23,24). The van der Waals surface area contributed by atoms with Gasteiger partial charge in [0.2, 0.25) is 0 Å². The molecular weight excluding hydrogens is 345 g/mol. The molecule has 0 bridgehead atoms. The van der Waals surface area contributed by atoms with Gasteiger partial charge < -0.3 is 15.5 Å². The first-order valence-corrected chi connectivity index (χ1v) is 9.19. The Morgan fingerprint density at radius 2 is 2.19 bits per heavy atom. The van der Waals surface area contributed by atoms with E-state index in [1.54, 1.807) is 12.3 Å². The highest BCUT2D eigenvalue weighted by molar-refractivity contribution is 5.88. The summed E-state index contributed by atoms with van der Waals surface area (Å²) in [5, 5.41) is 3.30. The Hall–Kier alpha value is -2.96. The van der Waals surface area contributed by atoms with E-state index in [9.17, 15) is 9.18 Å². The van der Waals surface area contributed by atoms with E-state index in [-0.39, 0.29) is 6.42 Å². The number of hydrogen-bond acceptors (Lipinski definition) is 4. The Morgan fingerprint density at radius 1 is 1.33 bits per heavy atom. The summed E-state index contributed by atoms with van der Waals surface area (Å²) in [6.07, 6.45) is 8.45. The summed E-state index contributed by atoms with van der Waals surface area (Å²) in [6.45, 7) is 0.547. The molecule has 5 rings (SSSR count). The minimum absolute atomic E-state index is 0.106. The number of aromatic nitrogens is 3. The van der Waals surface area contributed by atoms with Gasteiger partial charge in [0.15, 0.2) is 5.67 Å². The van der Waals surface area contributed by atoms with Gasteiger partial charge in [-0.15, -0.1) is 0 Å². The first kappa shape index (κ1) is 16.2. The van der Waals surface area contributed by atoms with Gasteiger partial charge in [-0.25, -0.2) is 9.37 Å². The van der Waals surface area contributed by atoms with E-state index < -0.39 is 17.5 Å². The number of alkyl halides is 1. The van der Waals surface area contributed by atoms with Crippen molar-refractivity contribution < 1.29 is 9.18 Å². The molecule has 2 atom stereocenters. The summed E-state index contributed by atoms with van der Waals surface area (Å²) in [6, 6.07) is 7.80. The molecule has 6 nitrogen and oxygen atoms in total. The molecule has 3 N–H and O–H groups in total. The molecule has 3 heterocycles. The minimum atomic E-state index is -1.95. The monoisotopic (exact) mass is 365 g/mol. The van der Waals surface area contributed by atoms with E-state index in [4.69, 9.17) is 5.73 Å². The Balaban J connectivity index is 1.29. The van der Waals surface area contributed by atoms with E-state index in [1.807, 2.05) is 12.3 Å². The largest absolute Gasteiger partial charge is 0.379 e. The molecular formula is C20H20FN5O. The van der Waals surface area contributed by atoms with Gasteiger partial charge >= 0.3 is 0 Å². The van der Waals surface area contributed by atoms with E-state index >= 15 is 0 Å². The number of pyridine rings is 2. The van der Waals surface area contributed by atoms with Crippen LogP contribution in [0.2, 0.25) is 0 Å². The van der Waals surface area contributed by atoms with Gasteiger partial charge in [0.05, 0.1) is 12.2 Å². The second-order valence-electron chi connectivity index (χ2n) is 7.54. The van der Waals surface area contributed by atoms with Crippen molar-refractivity contribution >= 4 is 17.2 Å². The smallest absolute Gasteiger partial charge is 0.255 e. The molecule has 1 amide bonds. The highest BCUT2D eigenvalue weighted by atomic mass is 19.1. The Morgan fingerprint density at radius 3 is 2.93 bits per heavy atom. The van der Waals surface area contributed by atoms with Crippen LogP contribution in [0.3, 0.4) is 0 Å². The van der Waals surface area contributed by atoms with Crippen molar-refractivity contribution in [2.45, 2.75) is 43.3 Å². The van der Waals surface area contributed by atoms with Crippen LogP contribution in [0.15, 0.2) is 42.9 Å². The first-order chi connectivity index (χ1) is 13.0. The van der Waals surface area contributed by atoms with Crippen molar-refractivity contribution in [3.63, 3.8) is 0 Å². The third-order valence-corrected chi connectivity index (χ3v) is 5.49. The quantitative estimate of drug-likeness (QED) is 0.703. The number of carbonyl (C=O) groups is 1. The molecule has 0 aromatic carbocycles. The topological polar surface area (TPSA) is 85.3 Å². The highest BCUT2D eigenvalue weighted by Gasteiger charge is 2.62. The summed E-state index contributed by atoms with van der Waals surface area (Å²) < 4.78 is 16.3. The molecule has 2 fully saturated rings. The predicted molar refractivity (Wildman–Crippen MR) is 99.1 cm³/mol. The summed E-state index contributed by atoms with van der Waals surface area (Å²) in [5.41, 5.74) is 7.76. The van der Waals surface area contributed by atoms with Crippen molar-refractivity contribution in [1.29, 1.82) is 0 Å². The number of fused-ring (bicyclic) bond motifs is 1. The zero-order valence-electron chi connectivity index (χ0n) is 14.7. The lowest BCUT2D eigenvalue weighted by Crippen LogP contribution is -2.27. The SMILES string of the molecule is NC(=O)C1(F)CC1c1cc(NCc2cn3cc(C4CC4)ccc3n2)ccn1. The number of carbonyl (C=O) groups excluding carboxylic acids is 1. The molecule has 0 spiro atoms. The number of halogens is 1. The molecule has 0 aliphatic heterocycles. The Labute approximate surface area is 155 Å². The molecule has 2 unspecified atom stereocenters. The second-order valence-corrected chi connectivity index (χ2v) is 7.54. The predicted octanol–water partition coefficient (Wildman–Crippen LogP) is 2.90. The maximum Gasteiger partial charge on any atom is 0.255 e. The maximum absolute atomic E-state index is 14.2. The number of hydrogen-bond donors (Lipinski definition) is 2. The average molecular weight is 365 g/mol. The van der Waals surface area contributed by atoms with Crippen LogP contribution in [0, 0.1) is 0 Å². The van der Waals surface area contributed by atoms with Crippen LogP contribution in [-0.2, 0) is 11.3 Å². The van der Waals surface area contributed by atoms with Crippen molar-refractivity contribution in [3.8, 4) is 0 Å². The molecule has 2 aliphatic carbocycles. The fourth-order valence-corrected chi connectivity index (χ4v) is 3.60. The van der Waals surface area contributed by atoms with Crippen molar-refractivity contribution in [2.24, 2.45) is 5.73 Å². The Kier molecular flexibility index (Phi) is 3.47. The van der Waals surface area contributed by atoms with Crippen LogP contribution in [0.4, 0.5) is 10.1 Å². The first-order valence-electron chi connectivity index (χ1n) is 9.19. The van der Waals surface area contributed by atoms with E-state index in [0.717, 1.165) is 17.0 Å². The second kappa shape index (κ2) is 5.77. The van der Waals surface area contributed by atoms with Crippen LogP contribution in [0.25, 0.3) is 5.65 Å². The lowest BCUT2D eigenvalue weighted by atomic mass is 10.2. The third-order valence-electron chi connectivity index (χ3n) is 5.49. The van der Waals surface area contributed by atoms with Gasteiger partial charge in [-0.2, -0.15) is 0 Å². The van der Waals surface area contributed by atoms with E-state index in [2.05, 4.69) is 38.0 Å². The van der Waals surface area contributed by atoms with Gasteiger partial charge in [0.1, 0.15) is 5.65 Å². The molecule has 138 valence electrons. The van der Waals surface area contributed by atoms with Crippen molar-refractivity contribution in [1.82, 2.24) is 14.4 Å². The average Bonchev–Trinajstić information content (AvgIpc) is 3.57. The van der Waals surface area contributed by atoms with Gasteiger partial charge in [0, 0.05) is 42.3 Å². The Bertz CT molecular complexity index is 1040. The fraction of sp³-hybridized carbons (Fsp3) is 0.350. The lowest BCUT2D eigenvalue weighted by Gasteiger charge is -2.07. The maximum atomic E-state index is 14.2. The fourth-order valence-electron chi connectivity index (χ4n) is 3.60. The number of nitrogens with zero attached hydrogens (tertiary/aromatic N) is 3. The molecule has 7 heteroatoms. The number of rotatable bonds is 6. The zero-order chi connectivity index (χ0) is 18.6. The minimum Gasteiger partial charge on any atom is -0.379 e.